The third kappa shape index (κ3) is 3.69. The molecular formula is C22H25FN6O2. The average molecular weight is 424 g/mol. The molecule has 0 saturated carbocycles. The summed E-state index contributed by atoms with van der Waals surface area (Å²) in [6.07, 6.45) is 1.38. The SMILES string of the molecule is CCNc1cc(F)cc2c1NC(=O)[C@@]2(C)N1CCC(O)C(Nc2ccc(C#N)nc2)C1. The molecule has 1 fully saturated rings. The second-order valence-electron chi connectivity index (χ2n) is 8.03. The number of aliphatic hydroxyl groups excluding tert-OH is 1. The number of hydrogen-bond donors (Lipinski definition) is 4. The van der Waals surface area contributed by atoms with Gasteiger partial charge in [0.05, 0.1) is 35.4 Å². The fraction of sp³-hybridized carbons (Fsp3) is 0.409. The highest BCUT2D eigenvalue weighted by Crippen LogP contribution is 2.45. The van der Waals surface area contributed by atoms with Crippen molar-refractivity contribution in [1.82, 2.24) is 9.88 Å². The summed E-state index contributed by atoms with van der Waals surface area (Å²) in [6.45, 7) is 5.16. The smallest absolute Gasteiger partial charge is 0.249 e. The van der Waals surface area contributed by atoms with Crippen molar-refractivity contribution in [2.24, 2.45) is 0 Å². The molecule has 0 aliphatic carbocycles. The maximum Gasteiger partial charge on any atom is 0.249 e. The second kappa shape index (κ2) is 8.13. The molecule has 2 aromatic rings. The van der Waals surface area contributed by atoms with Crippen molar-refractivity contribution in [3.05, 3.63) is 47.5 Å². The van der Waals surface area contributed by atoms with Crippen LogP contribution in [0.3, 0.4) is 0 Å². The minimum Gasteiger partial charge on any atom is -0.391 e. The Kier molecular flexibility index (Phi) is 5.52. The minimum atomic E-state index is -1.06. The van der Waals surface area contributed by atoms with Gasteiger partial charge in [-0.15, -0.1) is 0 Å². The van der Waals surface area contributed by atoms with Crippen molar-refractivity contribution in [2.45, 2.75) is 38.0 Å². The molecule has 1 aromatic carbocycles. The molecule has 8 nitrogen and oxygen atoms in total. The third-order valence-corrected chi connectivity index (χ3v) is 6.11. The number of anilines is 3. The number of nitrogens with one attached hydrogen (secondary N) is 3. The fourth-order valence-electron chi connectivity index (χ4n) is 4.37. The normalized spacial score (nSPS) is 25.5. The van der Waals surface area contributed by atoms with Gasteiger partial charge in [-0.1, -0.05) is 0 Å². The number of aromatic nitrogens is 1. The molecule has 2 aliphatic heterocycles. The first-order valence-electron chi connectivity index (χ1n) is 10.3. The molecule has 2 aliphatic rings. The van der Waals surface area contributed by atoms with E-state index in [0.717, 1.165) is 0 Å². The van der Waals surface area contributed by atoms with Crippen LogP contribution in [0.25, 0.3) is 0 Å². The topological polar surface area (TPSA) is 113 Å². The summed E-state index contributed by atoms with van der Waals surface area (Å²) in [5.41, 5.74) is 1.66. The van der Waals surface area contributed by atoms with Crippen LogP contribution in [0.4, 0.5) is 21.5 Å². The Hall–Kier alpha value is -3.22. The summed E-state index contributed by atoms with van der Waals surface area (Å²) in [6, 6.07) is 7.73. The average Bonchev–Trinajstić information content (AvgIpc) is 3.02. The van der Waals surface area contributed by atoms with Crippen molar-refractivity contribution < 1.29 is 14.3 Å². The molecule has 3 heterocycles. The highest BCUT2D eigenvalue weighted by molar-refractivity contribution is 6.08. The standard InChI is InChI=1S/C22H25FN6O2/c1-3-25-17-9-13(23)8-16-20(17)28-21(31)22(16,2)29-7-6-19(30)18(12-29)27-15-5-4-14(10-24)26-11-15/h4-5,8-9,11,18-19,25,27,30H,3,6-7,12H2,1-2H3,(H,28,31)/t18?,19?,22-/m0/s1. The van der Waals surface area contributed by atoms with Crippen molar-refractivity contribution in [3.63, 3.8) is 0 Å². The Balaban J connectivity index is 1.62. The zero-order valence-electron chi connectivity index (χ0n) is 17.4. The number of nitrogens with zero attached hydrogens (tertiary/aromatic N) is 3. The monoisotopic (exact) mass is 424 g/mol. The van der Waals surface area contributed by atoms with E-state index < -0.39 is 17.5 Å². The van der Waals surface area contributed by atoms with Gasteiger partial charge in [0.2, 0.25) is 5.91 Å². The molecule has 0 bridgehead atoms. The maximum absolute atomic E-state index is 14.4. The number of rotatable bonds is 5. The number of nitriles is 1. The van der Waals surface area contributed by atoms with E-state index in [1.165, 1.54) is 12.1 Å². The van der Waals surface area contributed by atoms with E-state index in [0.29, 0.717) is 54.4 Å². The summed E-state index contributed by atoms with van der Waals surface area (Å²) in [5.74, 6) is -0.629. The number of likely N-dealkylation sites (tertiary alicyclic amines) is 1. The number of fused-ring (bicyclic) bond motifs is 1. The predicted molar refractivity (Wildman–Crippen MR) is 115 cm³/mol. The molecule has 0 spiro atoms. The van der Waals surface area contributed by atoms with Gasteiger partial charge in [0.1, 0.15) is 23.1 Å². The zero-order valence-corrected chi connectivity index (χ0v) is 17.4. The summed E-state index contributed by atoms with van der Waals surface area (Å²) >= 11 is 0. The van der Waals surface area contributed by atoms with Gasteiger partial charge in [0.15, 0.2) is 0 Å². The van der Waals surface area contributed by atoms with Crippen LogP contribution in [0.1, 0.15) is 31.5 Å². The first kappa shape index (κ1) is 21.0. The van der Waals surface area contributed by atoms with E-state index in [-0.39, 0.29) is 11.9 Å². The second-order valence-corrected chi connectivity index (χ2v) is 8.03. The fourth-order valence-corrected chi connectivity index (χ4v) is 4.37. The molecule has 0 radical (unpaired) electrons. The zero-order chi connectivity index (χ0) is 22.2. The van der Waals surface area contributed by atoms with Crippen LogP contribution in [-0.2, 0) is 10.3 Å². The number of carbonyl (C=O) groups excluding carboxylic acids is 1. The van der Waals surface area contributed by atoms with Crippen LogP contribution in [-0.4, -0.2) is 52.7 Å². The third-order valence-electron chi connectivity index (χ3n) is 6.11. The number of carbonyl (C=O) groups is 1. The molecule has 1 aromatic heterocycles. The summed E-state index contributed by atoms with van der Waals surface area (Å²) < 4.78 is 14.4. The molecule has 162 valence electrons. The van der Waals surface area contributed by atoms with E-state index in [4.69, 9.17) is 5.26 Å². The van der Waals surface area contributed by atoms with E-state index >= 15 is 0 Å². The van der Waals surface area contributed by atoms with Gasteiger partial charge in [0.25, 0.3) is 0 Å². The molecular weight excluding hydrogens is 399 g/mol. The lowest BCUT2D eigenvalue weighted by Gasteiger charge is -2.44. The lowest BCUT2D eigenvalue weighted by Crippen LogP contribution is -2.58. The summed E-state index contributed by atoms with van der Waals surface area (Å²) in [4.78, 5) is 19.1. The van der Waals surface area contributed by atoms with Crippen LogP contribution in [0, 0.1) is 17.1 Å². The number of benzene rings is 1. The molecule has 31 heavy (non-hydrogen) atoms. The lowest BCUT2D eigenvalue weighted by atomic mass is 9.87. The molecule has 9 heteroatoms. The van der Waals surface area contributed by atoms with E-state index in [1.54, 1.807) is 25.3 Å². The van der Waals surface area contributed by atoms with Gasteiger partial charge in [-0.2, -0.15) is 5.26 Å². The van der Waals surface area contributed by atoms with E-state index in [9.17, 15) is 14.3 Å². The van der Waals surface area contributed by atoms with Gasteiger partial charge in [0, 0.05) is 25.2 Å². The van der Waals surface area contributed by atoms with Crippen LogP contribution in [0.2, 0.25) is 0 Å². The van der Waals surface area contributed by atoms with Crippen molar-refractivity contribution in [3.8, 4) is 6.07 Å². The highest BCUT2D eigenvalue weighted by atomic mass is 19.1. The van der Waals surface area contributed by atoms with Crippen LogP contribution < -0.4 is 16.0 Å². The predicted octanol–water partition coefficient (Wildman–Crippen LogP) is 2.24. The summed E-state index contributed by atoms with van der Waals surface area (Å²) in [7, 11) is 0. The van der Waals surface area contributed by atoms with E-state index in [1.807, 2.05) is 17.9 Å². The number of hydrogen-bond acceptors (Lipinski definition) is 7. The Bertz CT molecular complexity index is 1040. The molecule has 2 unspecified atom stereocenters. The Morgan fingerprint density at radius 3 is 2.94 bits per heavy atom. The Morgan fingerprint density at radius 2 is 2.26 bits per heavy atom. The van der Waals surface area contributed by atoms with Crippen LogP contribution in [0.5, 0.6) is 0 Å². The number of amides is 1. The largest absolute Gasteiger partial charge is 0.391 e. The molecule has 3 atom stereocenters. The molecule has 1 amide bonds. The number of halogens is 1. The number of aliphatic hydroxyl groups is 1. The lowest BCUT2D eigenvalue weighted by molar-refractivity contribution is -0.128. The quantitative estimate of drug-likeness (QED) is 0.582. The maximum atomic E-state index is 14.4. The van der Waals surface area contributed by atoms with E-state index in [2.05, 4.69) is 20.9 Å². The van der Waals surface area contributed by atoms with Crippen molar-refractivity contribution >= 4 is 23.0 Å². The van der Waals surface area contributed by atoms with Crippen LogP contribution >= 0.6 is 0 Å². The summed E-state index contributed by atoms with van der Waals surface area (Å²) in [5, 5.41) is 28.8. The van der Waals surface area contributed by atoms with Crippen LogP contribution in [0.15, 0.2) is 30.5 Å². The Labute approximate surface area is 180 Å². The first-order chi connectivity index (χ1) is 14.9. The Morgan fingerprint density at radius 1 is 1.45 bits per heavy atom. The van der Waals surface area contributed by atoms with Gasteiger partial charge in [-0.05, 0) is 44.5 Å². The van der Waals surface area contributed by atoms with Gasteiger partial charge in [-0.25, -0.2) is 9.37 Å². The number of piperidine rings is 1. The van der Waals surface area contributed by atoms with Gasteiger partial charge >= 0.3 is 0 Å². The molecule has 4 rings (SSSR count). The van der Waals surface area contributed by atoms with Crippen molar-refractivity contribution in [1.29, 1.82) is 5.26 Å². The van der Waals surface area contributed by atoms with Gasteiger partial charge < -0.3 is 21.1 Å². The van der Waals surface area contributed by atoms with Crippen molar-refractivity contribution in [2.75, 3.05) is 35.6 Å². The highest BCUT2D eigenvalue weighted by Gasteiger charge is 2.50. The van der Waals surface area contributed by atoms with Gasteiger partial charge in [-0.3, -0.25) is 9.69 Å². The molecule has 4 N–H and O–H groups in total. The first-order valence-corrected chi connectivity index (χ1v) is 10.3. The molecule has 1 saturated heterocycles. The number of pyridine rings is 1. The minimum absolute atomic E-state index is 0.220.